The number of hydrogen-bond acceptors (Lipinski definition) is 9. The summed E-state index contributed by atoms with van der Waals surface area (Å²) >= 11 is 0. The van der Waals surface area contributed by atoms with Crippen LogP contribution in [0.25, 0.3) is 0 Å². The highest BCUT2D eigenvalue weighted by Crippen LogP contribution is 2.22. The van der Waals surface area contributed by atoms with E-state index >= 15 is 0 Å². The van der Waals surface area contributed by atoms with Crippen LogP contribution in [0, 0.1) is 0 Å². The van der Waals surface area contributed by atoms with Gasteiger partial charge in [-0.25, -0.2) is 0 Å². The van der Waals surface area contributed by atoms with Gasteiger partial charge >= 0.3 is 0 Å². The summed E-state index contributed by atoms with van der Waals surface area (Å²) in [7, 11) is -3.46. The van der Waals surface area contributed by atoms with Crippen LogP contribution in [-0.4, -0.2) is 85.6 Å². The van der Waals surface area contributed by atoms with E-state index in [2.05, 4.69) is 4.18 Å². The zero-order valence-corrected chi connectivity index (χ0v) is 12.5. The minimum Gasteiger partial charge on any atom is -0.394 e. The van der Waals surface area contributed by atoms with Gasteiger partial charge in [0.25, 0.3) is 10.1 Å². The molecule has 1 fully saturated rings. The van der Waals surface area contributed by atoms with Crippen LogP contribution in [0.15, 0.2) is 0 Å². The molecule has 0 aromatic rings. The minimum atomic E-state index is -3.46. The second-order valence-corrected chi connectivity index (χ2v) is 6.45. The Hall–Kier alpha value is -0.330. The van der Waals surface area contributed by atoms with Crippen molar-refractivity contribution in [3.8, 4) is 0 Å². The fourth-order valence-corrected chi connectivity index (χ4v) is 2.24. The maximum Gasteiger partial charge on any atom is 0.264 e. The van der Waals surface area contributed by atoms with Crippen LogP contribution in [0.2, 0.25) is 0 Å². The highest BCUT2D eigenvalue weighted by Gasteiger charge is 2.43. The van der Waals surface area contributed by atoms with Crippen LogP contribution < -0.4 is 0 Å². The maximum atomic E-state index is 10.7. The highest BCUT2D eigenvalue weighted by molar-refractivity contribution is 7.85. The molecule has 0 unspecified atom stereocenters. The molecule has 0 aliphatic carbocycles. The van der Waals surface area contributed by atoms with E-state index in [1.165, 1.54) is 0 Å². The smallest absolute Gasteiger partial charge is 0.264 e. The third-order valence-corrected chi connectivity index (χ3v) is 3.56. The predicted molar refractivity (Wildman–Crippen MR) is 69.7 cm³/mol. The molecule has 10 heteroatoms. The number of unbranched alkanes of at least 4 members (excludes halogenated alkanes) is 1. The van der Waals surface area contributed by atoms with Crippen molar-refractivity contribution in [1.82, 2.24) is 0 Å². The van der Waals surface area contributed by atoms with Gasteiger partial charge in [-0.1, -0.05) is 0 Å². The Morgan fingerprint density at radius 1 is 1.05 bits per heavy atom. The second-order valence-electron chi connectivity index (χ2n) is 4.80. The first-order valence-corrected chi connectivity index (χ1v) is 8.34. The molecule has 5 atom stereocenters. The Kier molecular flexibility index (Phi) is 7.44. The summed E-state index contributed by atoms with van der Waals surface area (Å²) < 4.78 is 36.3. The summed E-state index contributed by atoms with van der Waals surface area (Å²) in [5.74, 6) is 0. The number of rotatable bonds is 8. The lowest BCUT2D eigenvalue weighted by molar-refractivity contribution is -0.301. The average Bonchev–Trinajstić information content (AvgIpc) is 2.41. The summed E-state index contributed by atoms with van der Waals surface area (Å²) in [6.45, 7) is -0.361. The van der Waals surface area contributed by atoms with Crippen molar-refractivity contribution in [1.29, 1.82) is 0 Å². The first-order chi connectivity index (χ1) is 9.76. The molecule has 0 bridgehead atoms. The van der Waals surface area contributed by atoms with E-state index < -0.39 is 47.4 Å². The van der Waals surface area contributed by atoms with Crippen molar-refractivity contribution in [2.75, 3.05) is 26.1 Å². The average molecular weight is 330 g/mol. The zero-order chi connectivity index (χ0) is 16.0. The van der Waals surface area contributed by atoms with Gasteiger partial charge in [0.1, 0.15) is 24.4 Å². The fourth-order valence-electron chi connectivity index (χ4n) is 1.82. The lowest BCUT2D eigenvalue weighted by atomic mass is 9.99. The minimum absolute atomic E-state index is 0.0247. The Morgan fingerprint density at radius 2 is 1.67 bits per heavy atom. The number of aliphatic hydroxyl groups is 4. The Morgan fingerprint density at radius 3 is 2.24 bits per heavy atom. The number of hydrogen-bond donors (Lipinski definition) is 4. The molecule has 21 heavy (non-hydrogen) atoms. The highest BCUT2D eigenvalue weighted by atomic mass is 32.2. The van der Waals surface area contributed by atoms with Gasteiger partial charge < -0.3 is 29.9 Å². The summed E-state index contributed by atoms with van der Waals surface area (Å²) in [5.41, 5.74) is 0. The van der Waals surface area contributed by atoms with E-state index in [9.17, 15) is 23.7 Å². The Bertz CT molecular complexity index is 396. The van der Waals surface area contributed by atoms with Crippen molar-refractivity contribution in [2.24, 2.45) is 0 Å². The molecular weight excluding hydrogens is 308 g/mol. The molecule has 0 radical (unpaired) electrons. The van der Waals surface area contributed by atoms with Crippen LogP contribution in [-0.2, 0) is 23.8 Å². The second kappa shape index (κ2) is 8.34. The van der Waals surface area contributed by atoms with E-state index in [4.69, 9.17) is 14.6 Å². The van der Waals surface area contributed by atoms with Gasteiger partial charge in [0.05, 0.1) is 19.5 Å². The van der Waals surface area contributed by atoms with Gasteiger partial charge in [0.15, 0.2) is 6.29 Å². The lowest BCUT2D eigenvalue weighted by Crippen LogP contribution is -2.59. The first kappa shape index (κ1) is 18.7. The van der Waals surface area contributed by atoms with Crippen LogP contribution in [0.5, 0.6) is 0 Å². The van der Waals surface area contributed by atoms with E-state index in [-0.39, 0.29) is 13.2 Å². The first-order valence-electron chi connectivity index (χ1n) is 6.53. The fraction of sp³-hybridized carbons (Fsp3) is 1.00. The van der Waals surface area contributed by atoms with E-state index in [1.807, 2.05) is 0 Å². The molecule has 4 N–H and O–H groups in total. The van der Waals surface area contributed by atoms with Gasteiger partial charge in [0, 0.05) is 6.61 Å². The quantitative estimate of drug-likeness (QED) is 0.282. The molecule has 1 rings (SSSR count). The molecule has 126 valence electrons. The SMILES string of the molecule is CS(=O)(=O)OCCCCO[C@@H]1O[C@H](CO)[C@H](O)[C@H](O)[C@H]1O. The topological polar surface area (TPSA) is 143 Å². The maximum absolute atomic E-state index is 10.7. The van der Waals surface area contributed by atoms with Crippen molar-refractivity contribution >= 4 is 10.1 Å². The van der Waals surface area contributed by atoms with E-state index in [0.29, 0.717) is 12.8 Å². The van der Waals surface area contributed by atoms with E-state index in [0.717, 1.165) is 6.26 Å². The Labute approximate surface area is 123 Å². The molecule has 0 aromatic carbocycles. The summed E-state index contributed by atoms with van der Waals surface area (Å²) in [6.07, 6.45) is -4.69. The molecule has 1 aliphatic rings. The molecule has 1 heterocycles. The Balaban J connectivity index is 2.28. The van der Waals surface area contributed by atoms with Crippen molar-refractivity contribution < 1.29 is 42.5 Å². The molecule has 1 saturated heterocycles. The van der Waals surface area contributed by atoms with Gasteiger partial charge in [-0.05, 0) is 12.8 Å². The molecule has 0 saturated carbocycles. The van der Waals surface area contributed by atoms with Crippen LogP contribution in [0.1, 0.15) is 12.8 Å². The van der Waals surface area contributed by atoms with E-state index in [1.54, 1.807) is 0 Å². The molecule has 0 spiro atoms. The van der Waals surface area contributed by atoms with Crippen LogP contribution in [0.3, 0.4) is 0 Å². The van der Waals surface area contributed by atoms with Gasteiger partial charge in [-0.3, -0.25) is 4.18 Å². The van der Waals surface area contributed by atoms with Gasteiger partial charge in [-0.2, -0.15) is 8.42 Å². The molecular formula is C11H22O9S. The zero-order valence-electron chi connectivity index (χ0n) is 11.7. The molecule has 9 nitrogen and oxygen atoms in total. The third-order valence-electron chi connectivity index (χ3n) is 2.97. The van der Waals surface area contributed by atoms with Gasteiger partial charge in [0.2, 0.25) is 0 Å². The molecule has 0 amide bonds. The number of ether oxygens (including phenoxy) is 2. The van der Waals surface area contributed by atoms with Crippen molar-refractivity contribution in [3.63, 3.8) is 0 Å². The largest absolute Gasteiger partial charge is 0.394 e. The van der Waals surface area contributed by atoms with Crippen LogP contribution in [0.4, 0.5) is 0 Å². The monoisotopic (exact) mass is 330 g/mol. The third kappa shape index (κ3) is 6.12. The normalized spacial score (nSPS) is 34.0. The van der Waals surface area contributed by atoms with Gasteiger partial charge in [-0.15, -0.1) is 0 Å². The van der Waals surface area contributed by atoms with Crippen LogP contribution >= 0.6 is 0 Å². The molecule has 0 aromatic heterocycles. The van der Waals surface area contributed by atoms with Crippen molar-refractivity contribution in [2.45, 2.75) is 43.5 Å². The summed E-state index contributed by atoms with van der Waals surface area (Å²) in [5, 5.41) is 37.8. The summed E-state index contributed by atoms with van der Waals surface area (Å²) in [4.78, 5) is 0. The lowest BCUT2D eigenvalue weighted by Gasteiger charge is -2.39. The number of aliphatic hydroxyl groups excluding tert-OH is 4. The van der Waals surface area contributed by atoms with Crippen molar-refractivity contribution in [3.05, 3.63) is 0 Å². The molecule has 1 aliphatic heterocycles. The predicted octanol–water partition coefficient (Wildman–Crippen LogP) is -2.44. The standard InChI is InChI=1S/C11H22O9S/c1-21(16,17)19-5-3-2-4-18-11-10(15)9(14)8(13)7(6-12)20-11/h7-15H,2-6H2,1H3/t7-,8+,9+,10-,11-/m1/s1. The summed E-state index contributed by atoms with van der Waals surface area (Å²) in [6, 6.07) is 0.